The third-order valence-electron chi connectivity index (χ3n) is 4.39. The lowest BCUT2D eigenvalue weighted by Crippen LogP contribution is -2.39. The standard InChI is InChI=1S/C16H27N3O/c1-4-14-6-7-15(17-14)16(20)18(3)12-13-8-10-19(5-2)11-9-13/h6-7,13,17H,4-5,8-12H2,1-3H3. The zero-order valence-corrected chi connectivity index (χ0v) is 13.0. The van der Waals surface area contributed by atoms with Gasteiger partial charge in [-0.1, -0.05) is 13.8 Å². The zero-order valence-electron chi connectivity index (χ0n) is 13.0. The topological polar surface area (TPSA) is 39.3 Å². The Hall–Kier alpha value is -1.29. The third kappa shape index (κ3) is 3.63. The van der Waals surface area contributed by atoms with Crippen LogP contribution in [0.2, 0.25) is 0 Å². The molecule has 4 heteroatoms. The molecule has 1 saturated heterocycles. The molecule has 0 radical (unpaired) electrons. The fourth-order valence-corrected chi connectivity index (χ4v) is 2.93. The van der Waals surface area contributed by atoms with Crippen LogP contribution in [-0.4, -0.2) is 53.9 Å². The molecule has 1 amide bonds. The number of carbonyl (C=O) groups excluding carboxylic acids is 1. The fraction of sp³-hybridized carbons (Fsp3) is 0.688. The van der Waals surface area contributed by atoms with Crippen LogP contribution >= 0.6 is 0 Å². The molecule has 4 nitrogen and oxygen atoms in total. The van der Waals surface area contributed by atoms with Crippen molar-refractivity contribution in [3.05, 3.63) is 23.5 Å². The maximum absolute atomic E-state index is 12.4. The minimum atomic E-state index is 0.114. The smallest absolute Gasteiger partial charge is 0.270 e. The fourth-order valence-electron chi connectivity index (χ4n) is 2.93. The summed E-state index contributed by atoms with van der Waals surface area (Å²) in [5.41, 5.74) is 1.84. The molecule has 0 spiro atoms. The van der Waals surface area contributed by atoms with Crippen LogP contribution in [-0.2, 0) is 6.42 Å². The molecule has 1 fully saturated rings. The number of hydrogen-bond acceptors (Lipinski definition) is 2. The summed E-state index contributed by atoms with van der Waals surface area (Å²) in [6.45, 7) is 8.66. The van der Waals surface area contributed by atoms with Gasteiger partial charge in [0.1, 0.15) is 5.69 Å². The Morgan fingerprint density at radius 3 is 2.60 bits per heavy atom. The van der Waals surface area contributed by atoms with Gasteiger partial charge in [0.2, 0.25) is 0 Å². The van der Waals surface area contributed by atoms with E-state index in [0.29, 0.717) is 5.92 Å². The molecule has 0 saturated carbocycles. The molecular weight excluding hydrogens is 250 g/mol. The average Bonchev–Trinajstić information content (AvgIpc) is 2.96. The predicted octanol–water partition coefficient (Wildman–Crippen LogP) is 2.38. The number of carbonyl (C=O) groups is 1. The molecule has 0 bridgehead atoms. The summed E-state index contributed by atoms with van der Waals surface area (Å²) in [6, 6.07) is 3.90. The predicted molar refractivity (Wildman–Crippen MR) is 82.0 cm³/mol. The molecule has 0 atom stereocenters. The molecule has 2 rings (SSSR count). The second-order valence-corrected chi connectivity index (χ2v) is 5.81. The lowest BCUT2D eigenvalue weighted by atomic mass is 9.96. The second kappa shape index (κ2) is 6.93. The highest BCUT2D eigenvalue weighted by Gasteiger charge is 2.22. The Kier molecular flexibility index (Phi) is 5.24. The van der Waals surface area contributed by atoms with E-state index in [2.05, 4.69) is 23.7 Å². The van der Waals surface area contributed by atoms with Crippen LogP contribution in [0.15, 0.2) is 12.1 Å². The Morgan fingerprint density at radius 1 is 1.35 bits per heavy atom. The summed E-state index contributed by atoms with van der Waals surface area (Å²) >= 11 is 0. The van der Waals surface area contributed by atoms with Gasteiger partial charge >= 0.3 is 0 Å². The number of amides is 1. The number of aromatic nitrogens is 1. The number of hydrogen-bond donors (Lipinski definition) is 1. The van der Waals surface area contributed by atoms with Gasteiger partial charge in [-0.15, -0.1) is 0 Å². The van der Waals surface area contributed by atoms with Crippen molar-refractivity contribution in [3.8, 4) is 0 Å². The minimum absolute atomic E-state index is 0.114. The van der Waals surface area contributed by atoms with E-state index in [1.807, 2.05) is 24.1 Å². The van der Waals surface area contributed by atoms with Crippen LogP contribution in [0.3, 0.4) is 0 Å². The van der Waals surface area contributed by atoms with Crippen molar-refractivity contribution < 1.29 is 4.79 Å². The van der Waals surface area contributed by atoms with Gasteiger partial charge in [-0.25, -0.2) is 0 Å². The van der Waals surface area contributed by atoms with Crippen LogP contribution < -0.4 is 0 Å². The number of nitrogens with zero attached hydrogens (tertiary/aromatic N) is 2. The molecule has 1 aliphatic rings. The van der Waals surface area contributed by atoms with Gasteiger partial charge in [0.15, 0.2) is 0 Å². The number of piperidine rings is 1. The Balaban J connectivity index is 1.85. The van der Waals surface area contributed by atoms with Gasteiger partial charge in [-0.2, -0.15) is 0 Å². The normalized spacial score (nSPS) is 17.4. The number of likely N-dealkylation sites (tertiary alicyclic amines) is 1. The number of nitrogens with one attached hydrogen (secondary N) is 1. The SMILES string of the molecule is CCc1ccc(C(=O)N(C)CC2CCN(CC)CC2)[nH]1. The van der Waals surface area contributed by atoms with Crippen molar-refractivity contribution >= 4 is 5.91 Å². The summed E-state index contributed by atoms with van der Waals surface area (Å²) < 4.78 is 0. The molecule has 0 unspecified atom stereocenters. The van der Waals surface area contributed by atoms with Crippen molar-refractivity contribution in [2.75, 3.05) is 33.2 Å². The first-order chi connectivity index (χ1) is 9.63. The summed E-state index contributed by atoms with van der Waals surface area (Å²) in [5, 5.41) is 0. The molecule has 2 heterocycles. The monoisotopic (exact) mass is 277 g/mol. The zero-order chi connectivity index (χ0) is 14.5. The Labute approximate surface area is 122 Å². The average molecular weight is 277 g/mol. The molecule has 0 aliphatic carbocycles. The van der Waals surface area contributed by atoms with Gasteiger partial charge in [-0.05, 0) is 56.9 Å². The van der Waals surface area contributed by atoms with E-state index < -0.39 is 0 Å². The molecule has 1 N–H and O–H groups in total. The van der Waals surface area contributed by atoms with Crippen LogP contribution in [0.1, 0.15) is 42.9 Å². The van der Waals surface area contributed by atoms with Crippen molar-refractivity contribution in [2.24, 2.45) is 5.92 Å². The number of rotatable bonds is 5. The lowest BCUT2D eigenvalue weighted by molar-refractivity contribution is 0.0736. The molecular formula is C16H27N3O. The van der Waals surface area contributed by atoms with Crippen LogP contribution in [0.5, 0.6) is 0 Å². The summed E-state index contributed by atoms with van der Waals surface area (Å²) in [7, 11) is 1.92. The first kappa shape index (κ1) is 15.1. The van der Waals surface area contributed by atoms with E-state index in [-0.39, 0.29) is 5.91 Å². The van der Waals surface area contributed by atoms with E-state index in [0.717, 1.165) is 30.9 Å². The van der Waals surface area contributed by atoms with Crippen molar-refractivity contribution in [3.63, 3.8) is 0 Å². The molecule has 1 aromatic rings. The van der Waals surface area contributed by atoms with Gasteiger partial charge in [-0.3, -0.25) is 4.79 Å². The van der Waals surface area contributed by atoms with E-state index in [1.54, 1.807) is 0 Å². The molecule has 112 valence electrons. The number of aryl methyl sites for hydroxylation is 1. The molecule has 1 aromatic heterocycles. The van der Waals surface area contributed by atoms with E-state index in [4.69, 9.17) is 0 Å². The minimum Gasteiger partial charge on any atom is -0.354 e. The summed E-state index contributed by atoms with van der Waals surface area (Å²) in [5.74, 6) is 0.759. The highest BCUT2D eigenvalue weighted by Crippen LogP contribution is 2.18. The molecule has 1 aliphatic heterocycles. The quantitative estimate of drug-likeness (QED) is 0.897. The van der Waals surface area contributed by atoms with Gasteiger partial charge < -0.3 is 14.8 Å². The first-order valence-electron chi connectivity index (χ1n) is 7.79. The maximum atomic E-state index is 12.4. The Morgan fingerprint density at radius 2 is 2.05 bits per heavy atom. The highest BCUT2D eigenvalue weighted by atomic mass is 16.2. The second-order valence-electron chi connectivity index (χ2n) is 5.81. The highest BCUT2D eigenvalue weighted by molar-refractivity contribution is 5.92. The molecule has 0 aromatic carbocycles. The van der Waals surface area contributed by atoms with Gasteiger partial charge in [0, 0.05) is 19.3 Å². The van der Waals surface area contributed by atoms with E-state index in [1.165, 1.54) is 25.9 Å². The van der Waals surface area contributed by atoms with Crippen LogP contribution in [0, 0.1) is 5.92 Å². The van der Waals surface area contributed by atoms with Crippen molar-refractivity contribution in [1.29, 1.82) is 0 Å². The third-order valence-corrected chi connectivity index (χ3v) is 4.39. The van der Waals surface area contributed by atoms with Crippen molar-refractivity contribution in [2.45, 2.75) is 33.1 Å². The molecule has 20 heavy (non-hydrogen) atoms. The number of H-pyrrole nitrogens is 1. The Bertz CT molecular complexity index is 433. The maximum Gasteiger partial charge on any atom is 0.270 e. The van der Waals surface area contributed by atoms with Crippen molar-refractivity contribution in [1.82, 2.24) is 14.8 Å². The first-order valence-corrected chi connectivity index (χ1v) is 7.79. The van der Waals surface area contributed by atoms with E-state index in [9.17, 15) is 4.79 Å². The van der Waals surface area contributed by atoms with Crippen LogP contribution in [0.4, 0.5) is 0 Å². The van der Waals surface area contributed by atoms with Gasteiger partial charge in [0.25, 0.3) is 5.91 Å². The van der Waals surface area contributed by atoms with Crippen LogP contribution in [0.25, 0.3) is 0 Å². The number of aromatic amines is 1. The summed E-state index contributed by atoms with van der Waals surface area (Å²) in [6.07, 6.45) is 3.35. The van der Waals surface area contributed by atoms with E-state index >= 15 is 0 Å². The largest absolute Gasteiger partial charge is 0.354 e. The summed E-state index contributed by atoms with van der Waals surface area (Å²) in [4.78, 5) is 19.9. The van der Waals surface area contributed by atoms with Gasteiger partial charge in [0.05, 0.1) is 0 Å². The lowest BCUT2D eigenvalue weighted by Gasteiger charge is -2.33.